The predicted molar refractivity (Wildman–Crippen MR) is 59.2 cm³/mol. The molecule has 72 valence electrons. The van der Waals surface area contributed by atoms with Gasteiger partial charge in [-0.3, -0.25) is 0 Å². The number of rotatable bonds is 3. The summed E-state index contributed by atoms with van der Waals surface area (Å²) in [5.74, 6) is 0.708. The number of halogens is 2. The van der Waals surface area contributed by atoms with Gasteiger partial charge < -0.3 is 9.84 Å². The molecule has 0 fully saturated rings. The van der Waals surface area contributed by atoms with Crippen molar-refractivity contribution in [3.05, 3.63) is 27.7 Å². The van der Waals surface area contributed by atoms with E-state index < -0.39 is 0 Å². The maximum Gasteiger partial charge on any atom is 0.138 e. The third-order valence-electron chi connectivity index (χ3n) is 1.78. The molecule has 13 heavy (non-hydrogen) atoms. The Morgan fingerprint density at radius 1 is 1.38 bits per heavy atom. The van der Waals surface area contributed by atoms with Crippen LogP contribution in [-0.2, 0) is 11.9 Å². The number of alkyl halides is 1. The van der Waals surface area contributed by atoms with Gasteiger partial charge in [0, 0.05) is 10.9 Å². The molecular weight excluding hydrogens is 300 g/mol. The van der Waals surface area contributed by atoms with Gasteiger partial charge in [-0.15, -0.1) is 0 Å². The van der Waals surface area contributed by atoms with Crippen molar-refractivity contribution < 1.29 is 9.84 Å². The first-order valence-corrected chi connectivity index (χ1v) is 5.67. The number of ether oxygens (including phenoxy) is 1. The van der Waals surface area contributed by atoms with E-state index in [0.717, 1.165) is 20.9 Å². The molecule has 0 bridgehead atoms. The molecule has 1 aromatic rings. The van der Waals surface area contributed by atoms with Crippen LogP contribution in [0.4, 0.5) is 0 Å². The summed E-state index contributed by atoms with van der Waals surface area (Å²) in [6.45, 7) is -0.00958. The number of benzene rings is 1. The molecule has 4 heteroatoms. The van der Waals surface area contributed by atoms with Gasteiger partial charge in [0.1, 0.15) is 5.75 Å². The Bertz CT molecular complexity index is 300. The monoisotopic (exact) mass is 308 g/mol. The molecule has 0 saturated heterocycles. The second kappa shape index (κ2) is 4.98. The Labute approximate surface area is 94.2 Å². The minimum Gasteiger partial charge on any atom is -0.495 e. The normalized spacial score (nSPS) is 10.2. The van der Waals surface area contributed by atoms with Crippen LogP contribution in [0, 0.1) is 0 Å². The number of methoxy groups -OCH3 is 1. The highest BCUT2D eigenvalue weighted by Gasteiger charge is 2.09. The van der Waals surface area contributed by atoms with Crippen molar-refractivity contribution in [3.8, 4) is 5.75 Å². The van der Waals surface area contributed by atoms with Gasteiger partial charge in [-0.25, -0.2) is 0 Å². The summed E-state index contributed by atoms with van der Waals surface area (Å²) < 4.78 is 6.08. The van der Waals surface area contributed by atoms with Crippen LogP contribution in [0.25, 0.3) is 0 Å². The molecule has 0 aliphatic carbocycles. The van der Waals surface area contributed by atoms with Crippen molar-refractivity contribution in [3.63, 3.8) is 0 Å². The number of aliphatic hydroxyl groups is 1. The molecule has 0 aliphatic rings. The molecule has 0 atom stereocenters. The minimum absolute atomic E-state index is 0.00958. The van der Waals surface area contributed by atoms with E-state index in [1.165, 1.54) is 0 Å². The average Bonchev–Trinajstić information content (AvgIpc) is 2.17. The summed E-state index contributed by atoms with van der Waals surface area (Å²) in [6, 6.07) is 3.81. The molecule has 0 aromatic heterocycles. The molecule has 1 rings (SSSR count). The van der Waals surface area contributed by atoms with Crippen LogP contribution in [0.15, 0.2) is 16.6 Å². The highest BCUT2D eigenvalue weighted by molar-refractivity contribution is 9.11. The quantitative estimate of drug-likeness (QED) is 0.870. The van der Waals surface area contributed by atoms with Crippen LogP contribution in [-0.4, -0.2) is 12.2 Å². The van der Waals surface area contributed by atoms with E-state index in [0.29, 0.717) is 5.75 Å². The second-order valence-corrected chi connectivity index (χ2v) is 3.88. The van der Waals surface area contributed by atoms with Gasteiger partial charge in [-0.05, 0) is 21.5 Å². The third kappa shape index (κ3) is 2.24. The second-order valence-electron chi connectivity index (χ2n) is 2.52. The molecule has 1 aromatic carbocycles. The molecule has 0 heterocycles. The fourth-order valence-corrected chi connectivity index (χ4v) is 2.62. The standard InChI is InChI=1S/C9H10Br2O2/c1-13-9-7(5-12)3-2-6(4-10)8(9)11/h2-3,12H,4-5H2,1H3. The van der Waals surface area contributed by atoms with Gasteiger partial charge in [0.15, 0.2) is 0 Å². The van der Waals surface area contributed by atoms with E-state index in [1.54, 1.807) is 7.11 Å². The van der Waals surface area contributed by atoms with Gasteiger partial charge >= 0.3 is 0 Å². The Morgan fingerprint density at radius 3 is 2.46 bits per heavy atom. The summed E-state index contributed by atoms with van der Waals surface area (Å²) in [6.07, 6.45) is 0. The van der Waals surface area contributed by atoms with Gasteiger partial charge in [-0.1, -0.05) is 28.1 Å². The van der Waals surface area contributed by atoms with E-state index in [1.807, 2.05) is 12.1 Å². The van der Waals surface area contributed by atoms with Crippen molar-refractivity contribution in [2.75, 3.05) is 7.11 Å². The van der Waals surface area contributed by atoms with Crippen molar-refractivity contribution in [1.29, 1.82) is 0 Å². The molecule has 0 spiro atoms. The smallest absolute Gasteiger partial charge is 0.138 e. The van der Waals surface area contributed by atoms with E-state index >= 15 is 0 Å². The summed E-state index contributed by atoms with van der Waals surface area (Å²) in [7, 11) is 1.59. The first-order chi connectivity index (χ1) is 6.24. The molecule has 0 radical (unpaired) electrons. The molecule has 0 amide bonds. The van der Waals surface area contributed by atoms with Crippen molar-refractivity contribution in [2.45, 2.75) is 11.9 Å². The van der Waals surface area contributed by atoms with Crippen LogP contribution in [0.3, 0.4) is 0 Å². The molecule has 0 unspecified atom stereocenters. The van der Waals surface area contributed by atoms with Crippen molar-refractivity contribution in [1.82, 2.24) is 0 Å². The van der Waals surface area contributed by atoms with Crippen LogP contribution in [0.5, 0.6) is 5.75 Å². The maximum absolute atomic E-state index is 9.03. The Balaban J connectivity index is 3.23. The molecular formula is C9H10Br2O2. The average molecular weight is 310 g/mol. The maximum atomic E-state index is 9.03. The van der Waals surface area contributed by atoms with Crippen LogP contribution in [0.1, 0.15) is 11.1 Å². The number of hydrogen-bond acceptors (Lipinski definition) is 2. The van der Waals surface area contributed by atoms with E-state index in [4.69, 9.17) is 9.84 Å². The summed E-state index contributed by atoms with van der Waals surface area (Å²) in [4.78, 5) is 0. The summed E-state index contributed by atoms with van der Waals surface area (Å²) in [5, 5.41) is 9.78. The van der Waals surface area contributed by atoms with Crippen molar-refractivity contribution >= 4 is 31.9 Å². The van der Waals surface area contributed by atoms with Gasteiger partial charge in [0.05, 0.1) is 18.2 Å². The zero-order valence-corrected chi connectivity index (χ0v) is 10.4. The summed E-state index contributed by atoms with van der Waals surface area (Å²) in [5.41, 5.74) is 1.90. The largest absolute Gasteiger partial charge is 0.495 e. The molecule has 1 N–H and O–H groups in total. The number of hydrogen-bond donors (Lipinski definition) is 1. The number of aliphatic hydroxyl groups excluding tert-OH is 1. The van der Waals surface area contributed by atoms with Crippen LogP contribution < -0.4 is 4.74 Å². The third-order valence-corrected chi connectivity index (χ3v) is 3.25. The van der Waals surface area contributed by atoms with Crippen LogP contribution >= 0.6 is 31.9 Å². The molecule has 2 nitrogen and oxygen atoms in total. The van der Waals surface area contributed by atoms with Crippen LogP contribution in [0.2, 0.25) is 0 Å². The van der Waals surface area contributed by atoms with Crippen molar-refractivity contribution in [2.24, 2.45) is 0 Å². The lowest BCUT2D eigenvalue weighted by atomic mass is 10.1. The highest BCUT2D eigenvalue weighted by atomic mass is 79.9. The van der Waals surface area contributed by atoms with Gasteiger partial charge in [-0.2, -0.15) is 0 Å². The zero-order chi connectivity index (χ0) is 9.84. The minimum atomic E-state index is -0.00958. The van der Waals surface area contributed by atoms with Gasteiger partial charge in [0.25, 0.3) is 0 Å². The lowest BCUT2D eigenvalue weighted by Gasteiger charge is -2.10. The fraction of sp³-hybridized carbons (Fsp3) is 0.333. The first kappa shape index (κ1) is 11.0. The first-order valence-electron chi connectivity index (χ1n) is 3.75. The summed E-state index contributed by atoms with van der Waals surface area (Å²) >= 11 is 6.80. The molecule has 0 aliphatic heterocycles. The van der Waals surface area contributed by atoms with Gasteiger partial charge in [0.2, 0.25) is 0 Å². The fourth-order valence-electron chi connectivity index (χ4n) is 1.09. The van der Waals surface area contributed by atoms with E-state index in [2.05, 4.69) is 31.9 Å². The predicted octanol–water partition coefficient (Wildman–Crippen LogP) is 2.84. The Hall–Kier alpha value is -0.0600. The Kier molecular flexibility index (Phi) is 4.22. The van der Waals surface area contributed by atoms with E-state index in [9.17, 15) is 0 Å². The lowest BCUT2D eigenvalue weighted by Crippen LogP contribution is -1.95. The van der Waals surface area contributed by atoms with E-state index in [-0.39, 0.29) is 6.61 Å². The topological polar surface area (TPSA) is 29.5 Å². The lowest BCUT2D eigenvalue weighted by molar-refractivity contribution is 0.273. The SMILES string of the molecule is COc1c(CO)ccc(CBr)c1Br. The zero-order valence-electron chi connectivity index (χ0n) is 7.18. The molecule has 0 saturated carbocycles. The highest BCUT2D eigenvalue weighted by Crippen LogP contribution is 2.33. The Morgan fingerprint density at radius 2 is 2.00 bits per heavy atom.